The number of nitrogens with zero attached hydrogens (tertiary/aromatic N) is 2. The van der Waals surface area contributed by atoms with Gasteiger partial charge in [0.25, 0.3) is 0 Å². The van der Waals surface area contributed by atoms with Crippen LogP contribution < -0.4 is 5.32 Å². The lowest BCUT2D eigenvalue weighted by molar-refractivity contribution is -0.119. The highest BCUT2D eigenvalue weighted by Crippen LogP contribution is 2.05. The zero-order valence-corrected chi connectivity index (χ0v) is 11.0. The van der Waals surface area contributed by atoms with E-state index in [1.807, 2.05) is 5.32 Å². The van der Waals surface area contributed by atoms with Gasteiger partial charge in [0.05, 0.1) is 18.4 Å². The Labute approximate surface area is 118 Å². The summed E-state index contributed by atoms with van der Waals surface area (Å²) in [6.45, 7) is -1.08. The van der Waals surface area contributed by atoms with Gasteiger partial charge in [-0.2, -0.15) is 5.01 Å². The number of carbonyl (C=O) groups excluding carboxylic acids is 2. The molecule has 2 amide bonds. The van der Waals surface area contributed by atoms with E-state index in [0.717, 1.165) is 0 Å². The predicted molar refractivity (Wildman–Crippen MR) is 66.7 cm³/mol. The van der Waals surface area contributed by atoms with Crippen molar-refractivity contribution < 1.29 is 30.0 Å². The number of nitrogens with one attached hydrogen (secondary N) is 1. The van der Waals surface area contributed by atoms with Crippen molar-refractivity contribution in [1.82, 2.24) is 10.3 Å². The van der Waals surface area contributed by atoms with Crippen LogP contribution in [-0.4, -0.2) is 81.1 Å². The van der Waals surface area contributed by atoms with E-state index < -0.39 is 37.0 Å². The van der Waals surface area contributed by atoms with Gasteiger partial charge in [-0.15, -0.1) is 16.5 Å². The number of hydrogen-bond acceptors (Lipinski definition) is 8. The van der Waals surface area contributed by atoms with Gasteiger partial charge in [-0.1, -0.05) is 0 Å². The molecular formula is C9H16ClN3O7. The smallest absolute Gasteiger partial charge is 0.341 e. The van der Waals surface area contributed by atoms with Gasteiger partial charge in [-0.25, -0.2) is 4.79 Å². The van der Waals surface area contributed by atoms with Crippen molar-refractivity contribution >= 4 is 23.9 Å². The lowest BCUT2D eigenvalue weighted by Crippen LogP contribution is -2.55. The van der Waals surface area contributed by atoms with Crippen molar-refractivity contribution in [3.63, 3.8) is 0 Å². The van der Waals surface area contributed by atoms with Crippen LogP contribution in [0.5, 0.6) is 0 Å². The maximum atomic E-state index is 11.5. The fraction of sp³-hybridized carbons (Fsp3) is 0.778. The average molecular weight is 314 g/mol. The Balaban J connectivity index is 4.72. The number of aldehydes is 1. The summed E-state index contributed by atoms with van der Waals surface area (Å²) in [5.74, 6) is -0.0840. The molecule has 11 heteroatoms. The number of aliphatic hydroxyl groups excluding tert-OH is 4. The molecule has 0 fully saturated rings. The van der Waals surface area contributed by atoms with Crippen molar-refractivity contribution in [3.05, 3.63) is 4.91 Å². The molecule has 0 rings (SSSR count). The zero-order valence-electron chi connectivity index (χ0n) is 10.3. The first-order valence-electron chi connectivity index (χ1n) is 5.50. The lowest BCUT2D eigenvalue weighted by Gasteiger charge is -2.26. The second kappa shape index (κ2) is 9.55. The second-order valence-corrected chi connectivity index (χ2v) is 4.11. The number of aliphatic hydroxyl groups is 4. The van der Waals surface area contributed by atoms with E-state index in [1.54, 1.807) is 0 Å². The highest BCUT2D eigenvalue weighted by Gasteiger charge is 2.32. The maximum absolute atomic E-state index is 11.5. The molecule has 0 saturated heterocycles. The van der Waals surface area contributed by atoms with Crippen LogP contribution in [-0.2, 0) is 4.79 Å². The molecule has 0 saturated carbocycles. The molecule has 0 aliphatic carbocycles. The van der Waals surface area contributed by atoms with E-state index in [1.165, 1.54) is 0 Å². The summed E-state index contributed by atoms with van der Waals surface area (Å²) < 4.78 is 0. The molecule has 0 aliphatic heterocycles. The van der Waals surface area contributed by atoms with Crippen LogP contribution in [0.2, 0.25) is 0 Å². The SMILES string of the molecule is O=C[C@H](NC(=O)N(CCCl)N=O)[C@H](O)[C@H](O)[C@H](O)CO. The van der Waals surface area contributed by atoms with E-state index in [4.69, 9.17) is 21.8 Å². The molecular weight excluding hydrogens is 298 g/mol. The molecule has 0 aromatic carbocycles. The first-order chi connectivity index (χ1) is 9.42. The highest BCUT2D eigenvalue weighted by molar-refractivity contribution is 6.18. The number of carbonyl (C=O) groups is 2. The van der Waals surface area contributed by atoms with Crippen LogP contribution in [0.3, 0.4) is 0 Å². The van der Waals surface area contributed by atoms with Gasteiger partial charge in [0, 0.05) is 5.88 Å². The van der Waals surface area contributed by atoms with Gasteiger partial charge in [0.2, 0.25) is 0 Å². The van der Waals surface area contributed by atoms with Crippen LogP contribution in [0, 0.1) is 4.91 Å². The molecule has 116 valence electrons. The van der Waals surface area contributed by atoms with E-state index >= 15 is 0 Å². The molecule has 0 aromatic heterocycles. The summed E-state index contributed by atoms with van der Waals surface area (Å²) >= 11 is 5.32. The Morgan fingerprint density at radius 1 is 1.35 bits per heavy atom. The predicted octanol–water partition coefficient (Wildman–Crippen LogP) is -2.44. The number of nitroso groups, excluding NO2 is 1. The molecule has 0 unspecified atom stereocenters. The Bertz CT molecular complexity index is 333. The van der Waals surface area contributed by atoms with Gasteiger partial charge >= 0.3 is 6.03 Å². The van der Waals surface area contributed by atoms with Crippen molar-refractivity contribution in [3.8, 4) is 0 Å². The number of halogens is 1. The largest absolute Gasteiger partial charge is 0.394 e. The summed E-state index contributed by atoms with van der Waals surface area (Å²) in [7, 11) is 0. The third-order valence-electron chi connectivity index (χ3n) is 2.37. The highest BCUT2D eigenvalue weighted by atomic mass is 35.5. The molecule has 10 nitrogen and oxygen atoms in total. The average Bonchev–Trinajstić information content (AvgIpc) is 2.47. The van der Waals surface area contributed by atoms with Gasteiger partial charge in [-0.3, -0.25) is 0 Å². The Morgan fingerprint density at radius 3 is 2.35 bits per heavy atom. The molecule has 0 heterocycles. The minimum atomic E-state index is -1.89. The van der Waals surface area contributed by atoms with Crippen LogP contribution in [0.25, 0.3) is 0 Å². The zero-order chi connectivity index (χ0) is 15.7. The van der Waals surface area contributed by atoms with E-state index in [2.05, 4.69) is 5.29 Å². The summed E-state index contributed by atoms with van der Waals surface area (Å²) in [5.41, 5.74) is 0. The van der Waals surface area contributed by atoms with Gasteiger partial charge in [0.1, 0.15) is 30.6 Å². The van der Waals surface area contributed by atoms with E-state index in [9.17, 15) is 24.7 Å². The Morgan fingerprint density at radius 2 is 1.95 bits per heavy atom. The molecule has 5 N–H and O–H groups in total. The fourth-order valence-corrected chi connectivity index (χ4v) is 1.38. The van der Waals surface area contributed by atoms with Crippen molar-refractivity contribution in [2.45, 2.75) is 24.4 Å². The van der Waals surface area contributed by atoms with Crippen molar-refractivity contribution in [2.75, 3.05) is 19.0 Å². The number of hydrogen-bond donors (Lipinski definition) is 5. The Hall–Kier alpha value is -1.33. The van der Waals surface area contributed by atoms with E-state index in [0.29, 0.717) is 5.01 Å². The molecule has 0 radical (unpaired) electrons. The molecule has 0 aromatic rings. The summed E-state index contributed by atoms with van der Waals surface area (Å²) in [6, 6.07) is -2.72. The van der Waals surface area contributed by atoms with Crippen LogP contribution in [0.1, 0.15) is 0 Å². The summed E-state index contributed by atoms with van der Waals surface area (Å²) in [6.07, 6.45) is -5.36. The first-order valence-corrected chi connectivity index (χ1v) is 6.04. The third kappa shape index (κ3) is 5.35. The monoisotopic (exact) mass is 313 g/mol. The molecule has 0 spiro atoms. The quantitative estimate of drug-likeness (QED) is 0.137. The fourth-order valence-electron chi connectivity index (χ4n) is 1.22. The van der Waals surface area contributed by atoms with Crippen LogP contribution in [0.15, 0.2) is 5.29 Å². The molecule has 20 heavy (non-hydrogen) atoms. The number of rotatable bonds is 9. The minimum Gasteiger partial charge on any atom is -0.394 e. The molecule has 0 bridgehead atoms. The summed E-state index contributed by atoms with van der Waals surface area (Å²) in [5, 5.41) is 41.4. The van der Waals surface area contributed by atoms with Gasteiger partial charge < -0.3 is 30.5 Å². The van der Waals surface area contributed by atoms with Crippen molar-refractivity contribution in [1.29, 1.82) is 0 Å². The second-order valence-electron chi connectivity index (χ2n) is 3.74. The minimum absolute atomic E-state index is 0.0840. The summed E-state index contributed by atoms with van der Waals surface area (Å²) in [4.78, 5) is 32.6. The van der Waals surface area contributed by atoms with Gasteiger partial charge in [-0.05, 0) is 0 Å². The van der Waals surface area contributed by atoms with E-state index in [-0.39, 0.29) is 18.7 Å². The number of alkyl halides is 1. The molecule has 4 atom stereocenters. The lowest BCUT2D eigenvalue weighted by atomic mass is 10.0. The third-order valence-corrected chi connectivity index (χ3v) is 2.53. The van der Waals surface area contributed by atoms with Crippen molar-refractivity contribution in [2.24, 2.45) is 5.29 Å². The normalized spacial score (nSPS) is 16.6. The number of amides is 2. The van der Waals surface area contributed by atoms with Gasteiger partial charge in [0.15, 0.2) is 0 Å². The maximum Gasteiger partial charge on any atom is 0.341 e. The van der Waals surface area contributed by atoms with Crippen LogP contribution in [0.4, 0.5) is 4.79 Å². The van der Waals surface area contributed by atoms with Crippen LogP contribution >= 0.6 is 11.6 Å². The molecule has 0 aliphatic rings. The standard InChI is InChI=1S/C9H16ClN3O7/c10-1-2-13(12-20)9(19)11-5(3-14)7(17)8(18)6(16)4-15/h3,5-8,15-18H,1-2,4H2,(H,11,19)/t5-,6+,7-,8+/m0/s1. The number of urea groups is 1. The Kier molecular flexibility index (Phi) is 8.92. The first kappa shape index (κ1) is 18.7. The topological polar surface area (TPSA) is 160 Å².